The van der Waals surface area contributed by atoms with Gasteiger partial charge < -0.3 is 20.1 Å². The number of hydrogen-bond donors (Lipinski definition) is 3. The SMILES string of the molecule is CN1CCN(C(=O)Nc2cncc(-c3cnc4n[nH]c(-c5nc6nccc(-c7ccc(F)cc7)c6[nH]5)c4c3)c2)CC1. The molecule has 1 fully saturated rings. The van der Waals surface area contributed by atoms with Gasteiger partial charge in [-0.2, -0.15) is 5.10 Å². The first-order chi connectivity index (χ1) is 20.0. The number of aromatic amines is 2. The van der Waals surface area contributed by atoms with Crippen molar-refractivity contribution in [3.05, 3.63) is 73.1 Å². The number of fused-ring (bicyclic) bond motifs is 2. The molecule has 3 N–H and O–H groups in total. The summed E-state index contributed by atoms with van der Waals surface area (Å²) in [5.74, 6) is 0.254. The van der Waals surface area contributed by atoms with Crippen LogP contribution in [0.25, 0.3) is 56.0 Å². The molecule has 0 bridgehead atoms. The summed E-state index contributed by atoms with van der Waals surface area (Å²) in [5, 5.41) is 11.1. The topological polar surface area (TPSA) is 132 Å². The molecule has 12 heteroatoms. The minimum atomic E-state index is -0.297. The maximum absolute atomic E-state index is 13.5. The van der Waals surface area contributed by atoms with Crippen LogP contribution in [0, 0.1) is 5.82 Å². The van der Waals surface area contributed by atoms with E-state index in [2.05, 4.69) is 47.4 Å². The molecule has 41 heavy (non-hydrogen) atoms. The highest BCUT2D eigenvalue weighted by Gasteiger charge is 2.20. The number of halogens is 1. The lowest BCUT2D eigenvalue weighted by atomic mass is 10.1. The van der Waals surface area contributed by atoms with Crippen molar-refractivity contribution in [1.29, 1.82) is 0 Å². The minimum Gasteiger partial charge on any atom is -0.335 e. The van der Waals surface area contributed by atoms with Crippen molar-refractivity contribution < 1.29 is 9.18 Å². The predicted octanol–water partition coefficient (Wildman–Crippen LogP) is 4.54. The molecule has 1 saturated heterocycles. The number of rotatable bonds is 4. The van der Waals surface area contributed by atoms with E-state index in [9.17, 15) is 9.18 Å². The van der Waals surface area contributed by atoms with Crippen LogP contribution in [0.5, 0.6) is 0 Å². The number of carbonyl (C=O) groups excluding carboxylic acids is 1. The van der Waals surface area contributed by atoms with E-state index < -0.39 is 0 Å². The van der Waals surface area contributed by atoms with Gasteiger partial charge in [-0.15, -0.1) is 0 Å². The number of aromatic nitrogens is 7. The van der Waals surface area contributed by atoms with Crippen LogP contribution in [0.15, 0.2) is 67.3 Å². The third kappa shape index (κ3) is 4.74. The highest BCUT2D eigenvalue weighted by molar-refractivity contribution is 5.96. The molecule has 0 saturated carbocycles. The fourth-order valence-electron chi connectivity index (χ4n) is 5.02. The molecule has 6 aromatic rings. The number of piperazine rings is 1. The Morgan fingerprint density at radius 2 is 1.73 bits per heavy atom. The van der Waals surface area contributed by atoms with Crippen LogP contribution in [0.3, 0.4) is 0 Å². The Labute approximate surface area is 233 Å². The quantitative estimate of drug-likeness (QED) is 0.295. The molecule has 1 aliphatic heterocycles. The van der Waals surface area contributed by atoms with E-state index in [0.29, 0.717) is 41.6 Å². The van der Waals surface area contributed by atoms with E-state index in [0.717, 1.165) is 46.2 Å². The van der Waals surface area contributed by atoms with Gasteiger partial charge in [0.2, 0.25) is 0 Å². The number of pyridine rings is 3. The maximum atomic E-state index is 13.5. The van der Waals surface area contributed by atoms with Crippen LogP contribution in [0.1, 0.15) is 0 Å². The lowest BCUT2D eigenvalue weighted by Gasteiger charge is -2.32. The van der Waals surface area contributed by atoms with Crippen LogP contribution in [0.2, 0.25) is 0 Å². The number of amides is 2. The molecule has 5 aromatic heterocycles. The highest BCUT2D eigenvalue weighted by Crippen LogP contribution is 2.32. The van der Waals surface area contributed by atoms with Gasteiger partial charge >= 0.3 is 6.03 Å². The second-order valence-corrected chi connectivity index (χ2v) is 10.0. The third-order valence-electron chi connectivity index (χ3n) is 7.31. The highest BCUT2D eigenvalue weighted by atomic mass is 19.1. The average molecular weight is 549 g/mol. The Hall–Kier alpha value is -5.23. The summed E-state index contributed by atoms with van der Waals surface area (Å²) in [7, 11) is 2.05. The van der Waals surface area contributed by atoms with Crippen molar-refractivity contribution in [3.8, 4) is 33.8 Å². The number of H-pyrrole nitrogens is 2. The molecule has 0 spiro atoms. The lowest BCUT2D eigenvalue weighted by molar-refractivity contribution is 0.164. The fourth-order valence-corrected chi connectivity index (χ4v) is 5.02. The monoisotopic (exact) mass is 548 g/mol. The van der Waals surface area contributed by atoms with Gasteiger partial charge in [0, 0.05) is 61.5 Å². The number of carbonyl (C=O) groups is 1. The van der Waals surface area contributed by atoms with Gasteiger partial charge in [0.15, 0.2) is 17.1 Å². The Morgan fingerprint density at radius 3 is 2.56 bits per heavy atom. The second-order valence-electron chi connectivity index (χ2n) is 10.0. The summed E-state index contributed by atoms with van der Waals surface area (Å²) in [6.07, 6.45) is 6.77. The van der Waals surface area contributed by atoms with E-state index in [4.69, 9.17) is 4.98 Å². The molecule has 0 aliphatic carbocycles. The predicted molar refractivity (Wildman–Crippen MR) is 153 cm³/mol. The van der Waals surface area contributed by atoms with Gasteiger partial charge in [-0.1, -0.05) is 12.1 Å². The van der Waals surface area contributed by atoms with E-state index in [1.54, 1.807) is 36.9 Å². The molecule has 11 nitrogen and oxygen atoms in total. The number of nitrogens with zero attached hydrogens (tertiary/aromatic N) is 7. The van der Waals surface area contributed by atoms with E-state index in [1.807, 2.05) is 23.1 Å². The molecule has 0 radical (unpaired) electrons. The number of imidazole rings is 1. The van der Waals surface area contributed by atoms with E-state index in [1.165, 1.54) is 12.1 Å². The Balaban J connectivity index is 1.20. The third-order valence-corrected chi connectivity index (χ3v) is 7.31. The molecule has 6 heterocycles. The number of anilines is 1. The number of nitrogens with one attached hydrogen (secondary N) is 3. The van der Waals surface area contributed by atoms with Gasteiger partial charge in [-0.25, -0.2) is 24.1 Å². The van der Waals surface area contributed by atoms with Crippen LogP contribution < -0.4 is 5.32 Å². The van der Waals surface area contributed by atoms with Gasteiger partial charge in [0.1, 0.15) is 11.5 Å². The summed E-state index contributed by atoms with van der Waals surface area (Å²) < 4.78 is 13.5. The zero-order valence-electron chi connectivity index (χ0n) is 22.1. The molecular formula is C29H25FN10O. The van der Waals surface area contributed by atoms with Crippen molar-refractivity contribution in [2.45, 2.75) is 0 Å². The van der Waals surface area contributed by atoms with E-state index >= 15 is 0 Å². The molecule has 1 aromatic carbocycles. The normalized spacial score (nSPS) is 14.1. The van der Waals surface area contributed by atoms with Crippen LogP contribution in [0.4, 0.5) is 14.9 Å². The van der Waals surface area contributed by atoms with Crippen LogP contribution >= 0.6 is 0 Å². The molecule has 0 unspecified atom stereocenters. The van der Waals surface area contributed by atoms with Gasteiger partial charge in [-0.05, 0) is 42.9 Å². The Bertz CT molecular complexity index is 1890. The number of likely N-dealkylation sites (N-methyl/N-ethyl adjacent to an activating group) is 1. The average Bonchev–Trinajstić information content (AvgIpc) is 3.62. The number of benzene rings is 1. The Morgan fingerprint density at radius 1 is 0.927 bits per heavy atom. The first-order valence-corrected chi connectivity index (χ1v) is 13.2. The van der Waals surface area contributed by atoms with Crippen molar-refractivity contribution in [2.24, 2.45) is 0 Å². The fraction of sp³-hybridized carbons (Fsp3) is 0.172. The smallest absolute Gasteiger partial charge is 0.321 e. The van der Waals surface area contributed by atoms with E-state index in [-0.39, 0.29) is 11.8 Å². The first-order valence-electron chi connectivity index (χ1n) is 13.2. The van der Waals surface area contributed by atoms with Crippen LogP contribution in [-0.4, -0.2) is 84.2 Å². The lowest BCUT2D eigenvalue weighted by Crippen LogP contribution is -2.48. The Kier molecular flexibility index (Phi) is 6.08. The standard InChI is InChI=1S/C29H25FN10O/c1-39-8-10-40(11-9-39)29(41)34-21-12-18(14-31-16-21)19-13-23-25(37-38-26(23)33-15-19)28-35-24-22(6-7-32-27(24)36-28)17-2-4-20(30)5-3-17/h2-7,12-16H,8-11H2,1H3,(H,34,41)(H,32,35,36)(H,33,37,38). The summed E-state index contributed by atoms with van der Waals surface area (Å²) in [4.78, 5) is 38.2. The largest absolute Gasteiger partial charge is 0.335 e. The summed E-state index contributed by atoms with van der Waals surface area (Å²) in [6.45, 7) is 3.06. The zero-order valence-corrected chi connectivity index (χ0v) is 22.1. The molecule has 204 valence electrons. The molecule has 0 atom stereocenters. The maximum Gasteiger partial charge on any atom is 0.321 e. The van der Waals surface area contributed by atoms with Crippen molar-refractivity contribution >= 4 is 33.9 Å². The number of urea groups is 1. The molecule has 1 aliphatic rings. The number of hydrogen-bond acceptors (Lipinski definition) is 7. The molecule has 2 amide bonds. The minimum absolute atomic E-state index is 0.138. The molecular weight excluding hydrogens is 523 g/mol. The zero-order chi connectivity index (χ0) is 27.9. The van der Waals surface area contributed by atoms with Gasteiger partial charge in [0.25, 0.3) is 0 Å². The van der Waals surface area contributed by atoms with Crippen molar-refractivity contribution in [2.75, 3.05) is 38.5 Å². The summed E-state index contributed by atoms with van der Waals surface area (Å²) in [6, 6.07) is 11.9. The van der Waals surface area contributed by atoms with Crippen LogP contribution in [-0.2, 0) is 0 Å². The van der Waals surface area contributed by atoms with Crippen molar-refractivity contribution in [1.82, 2.24) is 44.9 Å². The summed E-state index contributed by atoms with van der Waals surface area (Å²) in [5.41, 5.74) is 6.37. The van der Waals surface area contributed by atoms with Gasteiger partial charge in [0.05, 0.1) is 22.8 Å². The second kappa shape index (κ2) is 10.1. The van der Waals surface area contributed by atoms with Crippen molar-refractivity contribution in [3.63, 3.8) is 0 Å². The van der Waals surface area contributed by atoms with Gasteiger partial charge in [-0.3, -0.25) is 10.1 Å². The first kappa shape index (κ1) is 24.8. The summed E-state index contributed by atoms with van der Waals surface area (Å²) >= 11 is 0. The molecule has 7 rings (SSSR count).